The number of carbonyl (C=O) groups is 1. The molecule has 2 aromatic rings. The van der Waals surface area contributed by atoms with Crippen LogP contribution in [-0.4, -0.2) is 75.1 Å². The fourth-order valence-corrected chi connectivity index (χ4v) is 5.21. The second kappa shape index (κ2) is 14.1. The van der Waals surface area contributed by atoms with Gasteiger partial charge in [-0.15, -0.1) is 0 Å². The molecule has 0 amide bonds. The van der Waals surface area contributed by atoms with E-state index in [1.54, 1.807) is 4.90 Å². The molecule has 208 valence electrons. The lowest BCUT2D eigenvalue weighted by Crippen LogP contribution is -2.46. The average Bonchev–Trinajstić information content (AvgIpc) is 2.93. The number of hydrogen-bond donors (Lipinski definition) is 1. The van der Waals surface area contributed by atoms with E-state index in [2.05, 4.69) is 9.80 Å². The highest BCUT2D eigenvalue weighted by atomic mass is 35.5. The summed E-state index contributed by atoms with van der Waals surface area (Å²) in [6.07, 6.45) is 2.57. The first kappa shape index (κ1) is 28.6. The van der Waals surface area contributed by atoms with Gasteiger partial charge in [0, 0.05) is 37.9 Å². The molecule has 0 saturated carbocycles. The van der Waals surface area contributed by atoms with Crippen LogP contribution >= 0.6 is 23.2 Å². The normalized spacial score (nSPS) is 17.7. The summed E-state index contributed by atoms with van der Waals surface area (Å²) in [5.74, 6) is 0.739. The van der Waals surface area contributed by atoms with E-state index in [4.69, 9.17) is 37.4 Å². The van der Waals surface area contributed by atoms with E-state index in [1.807, 2.05) is 43.3 Å². The Bertz CT molecular complexity index is 1060. The summed E-state index contributed by atoms with van der Waals surface area (Å²) in [4.78, 5) is 18.2. The van der Waals surface area contributed by atoms with Crippen molar-refractivity contribution in [3.8, 4) is 5.75 Å². The molecule has 1 N–H and O–H groups in total. The predicted molar refractivity (Wildman–Crippen MR) is 151 cm³/mol. The fourth-order valence-electron chi connectivity index (χ4n) is 4.79. The van der Waals surface area contributed by atoms with Gasteiger partial charge in [-0.25, -0.2) is 4.79 Å². The van der Waals surface area contributed by atoms with Crippen molar-refractivity contribution in [3.63, 3.8) is 0 Å². The van der Waals surface area contributed by atoms with E-state index < -0.39 is 12.4 Å². The highest BCUT2D eigenvalue weighted by molar-refractivity contribution is 6.43. The highest BCUT2D eigenvalue weighted by Gasteiger charge is 2.26. The molecule has 0 aliphatic carbocycles. The van der Waals surface area contributed by atoms with Crippen LogP contribution in [0.3, 0.4) is 0 Å². The number of aryl methyl sites for hydroxylation is 1. The first-order valence-electron chi connectivity index (χ1n) is 13.4. The number of carbonyl (C=O) groups excluding carboxylic acids is 1. The minimum atomic E-state index is -0.730. The molecule has 0 bridgehead atoms. The minimum Gasteiger partial charge on any atom is -0.494 e. The molecule has 10 heteroatoms. The Morgan fingerprint density at radius 2 is 1.84 bits per heavy atom. The average molecular weight is 567 g/mol. The molecule has 0 radical (unpaired) electrons. The Morgan fingerprint density at radius 3 is 2.63 bits per heavy atom. The lowest BCUT2D eigenvalue weighted by atomic mass is 10.0. The summed E-state index contributed by atoms with van der Waals surface area (Å²) < 4.78 is 16.2. The van der Waals surface area contributed by atoms with Gasteiger partial charge in [-0.3, -0.25) is 4.90 Å². The van der Waals surface area contributed by atoms with Crippen molar-refractivity contribution in [2.45, 2.75) is 45.3 Å². The fraction of sp³-hybridized carbons (Fsp3) is 0.536. The summed E-state index contributed by atoms with van der Waals surface area (Å²) >= 11 is 12.6. The number of rotatable bonds is 11. The molecule has 1 unspecified atom stereocenters. The maximum Gasteiger partial charge on any atom is 0.510 e. The van der Waals surface area contributed by atoms with Crippen molar-refractivity contribution < 1.29 is 24.1 Å². The molecule has 1 saturated heterocycles. The molecule has 8 nitrogen and oxygen atoms in total. The first-order chi connectivity index (χ1) is 18.5. The molecule has 2 heterocycles. The number of anilines is 2. The van der Waals surface area contributed by atoms with E-state index in [9.17, 15) is 9.90 Å². The van der Waals surface area contributed by atoms with Gasteiger partial charge < -0.3 is 29.1 Å². The summed E-state index contributed by atoms with van der Waals surface area (Å²) in [7, 11) is 0. The molecule has 0 aromatic heterocycles. The van der Waals surface area contributed by atoms with E-state index in [1.165, 1.54) is 0 Å². The van der Waals surface area contributed by atoms with Crippen molar-refractivity contribution in [3.05, 3.63) is 52.0 Å². The number of hydrogen-bond acceptors (Lipinski definition) is 8. The van der Waals surface area contributed by atoms with Gasteiger partial charge in [0.15, 0.2) is 6.73 Å². The molecule has 2 aromatic carbocycles. The number of halogens is 2. The summed E-state index contributed by atoms with van der Waals surface area (Å²) in [5.41, 5.74) is 2.92. The Balaban J connectivity index is 1.19. The van der Waals surface area contributed by atoms with Crippen LogP contribution in [0.2, 0.25) is 10.0 Å². The number of piperazine rings is 1. The van der Waals surface area contributed by atoms with Gasteiger partial charge in [0.05, 0.1) is 28.9 Å². The van der Waals surface area contributed by atoms with Crippen LogP contribution < -0.4 is 14.5 Å². The number of aliphatic hydroxyl groups excluding tert-OH is 1. The van der Waals surface area contributed by atoms with Crippen LogP contribution in [0.1, 0.15) is 38.2 Å². The van der Waals surface area contributed by atoms with Gasteiger partial charge in [0.2, 0.25) is 0 Å². The smallest absolute Gasteiger partial charge is 0.494 e. The van der Waals surface area contributed by atoms with Crippen LogP contribution in [0.15, 0.2) is 36.4 Å². The largest absolute Gasteiger partial charge is 0.510 e. The van der Waals surface area contributed by atoms with Gasteiger partial charge in [-0.1, -0.05) is 42.3 Å². The van der Waals surface area contributed by atoms with Gasteiger partial charge in [-0.2, -0.15) is 0 Å². The third kappa shape index (κ3) is 7.59. The maximum absolute atomic E-state index is 11.8. The van der Waals surface area contributed by atoms with Gasteiger partial charge in [0.25, 0.3) is 0 Å². The molecular formula is C28H37Cl2N3O5. The van der Waals surface area contributed by atoms with Crippen LogP contribution in [0, 0.1) is 0 Å². The predicted octanol–water partition coefficient (Wildman–Crippen LogP) is 5.57. The van der Waals surface area contributed by atoms with Crippen molar-refractivity contribution in [1.82, 2.24) is 4.90 Å². The van der Waals surface area contributed by atoms with Crippen LogP contribution in [0.25, 0.3) is 0 Å². The molecule has 2 aliphatic rings. The monoisotopic (exact) mass is 565 g/mol. The van der Waals surface area contributed by atoms with Crippen molar-refractivity contribution in [1.29, 1.82) is 0 Å². The summed E-state index contributed by atoms with van der Waals surface area (Å²) in [5, 5.41) is 11.7. The topological polar surface area (TPSA) is 74.7 Å². The quantitative estimate of drug-likeness (QED) is 0.280. The zero-order valence-electron chi connectivity index (χ0n) is 21.9. The number of aliphatic hydroxyl groups is 1. The molecule has 0 spiro atoms. The molecular weight excluding hydrogens is 529 g/mol. The lowest BCUT2D eigenvalue weighted by Gasteiger charge is -2.36. The zero-order valence-corrected chi connectivity index (χ0v) is 23.4. The van der Waals surface area contributed by atoms with Crippen LogP contribution in [0.5, 0.6) is 5.75 Å². The second-order valence-corrected chi connectivity index (χ2v) is 10.4. The van der Waals surface area contributed by atoms with Gasteiger partial charge in [-0.05, 0) is 62.4 Å². The lowest BCUT2D eigenvalue weighted by molar-refractivity contribution is 0.0419. The SMILES string of the molecule is CCCOC(=O)OCN1c2cc(OCCCCN3CCN(c4cccc(Cl)c4Cl)CC3)ccc2CCC1O. The number of fused-ring (bicyclic) bond motifs is 1. The Kier molecular flexibility index (Phi) is 10.6. The van der Waals surface area contributed by atoms with Gasteiger partial charge >= 0.3 is 6.16 Å². The van der Waals surface area contributed by atoms with Crippen molar-refractivity contribution in [2.75, 3.05) is 62.5 Å². The highest BCUT2D eigenvalue weighted by Crippen LogP contribution is 2.34. The van der Waals surface area contributed by atoms with E-state index >= 15 is 0 Å². The summed E-state index contributed by atoms with van der Waals surface area (Å²) in [6.45, 7) is 7.61. The Morgan fingerprint density at radius 1 is 1.03 bits per heavy atom. The Hall–Kier alpha value is -2.39. The van der Waals surface area contributed by atoms with E-state index in [0.717, 1.165) is 81.1 Å². The first-order valence-corrected chi connectivity index (χ1v) is 14.1. The molecule has 2 aliphatic heterocycles. The third-order valence-electron chi connectivity index (χ3n) is 6.92. The van der Waals surface area contributed by atoms with Crippen molar-refractivity contribution >= 4 is 40.7 Å². The molecule has 1 atom stereocenters. The number of ether oxygens (including phenoxy) is 3. The third-order valence-corrected chi connectivity index (χ3v) is 7.73. The zero-order chi connectivity index (χ0) is 26.9. The standard InChI is InChI=1S/C28H37Cl2N3O5/c1-2-17-37-28(35)38-20-33-25-19-22(10-8-21(25)9-11-26(33)34)36-18-4-3-12-31-13-15-32(16-14-31)24-7-5-6-23(29)27(24)30/h5-8,10,19,26,34H,2-4,9,11-18,20H2,1H3. The molecule has 1 fully saturated rings. The summed E-state index contributed by atoms with van der Waals surface area (Å²) in [6, 6.07) is 11.7. The molecule has 4 rings (SSSR count). The minimum absolute atomic E-state index is 0.0725. The van der Waals surface area contributed by atoms with Crippen LogP contribution in [-0.2, 0) is 15.9 Å². The van der Waals surface area contributed by atoms with Gasteiger partial charge in [0.1, 0.15) is 12.0 Å². The molecule has 38 heavy (non-hydrogen) atoms. The number of unbranched alkanes of at least 4 members (excludes halogenated alkanes) is 1. The van der Waals surface area contributed by atoms with Crippen molar-refractivity contribution in [2.24, 2.45) is 0 Å². The maximum atomic E-state index is 11.8. The second-order valence-electron chi connectivity index (χ2n) is 9.61. The number of benzene rings is 2. The number of nitrogens with zero attached hydrogens (tertiary/aromatic N) is 3. The Labute approximate surface area is 234 Å². The van der Waals surface area contributed by atoms with E-state index in [-0.39, 0.29) is 6.73 Å². The van der Waals surface area contributed by atoms with E-state index in [0.29, 0.717) is 29.7 Å². The van der Waals surface area contributed by atoms with Crippen LogP contribution in [0.4, 0.5) is 16.2 Å².